The number of anilines is 3. The van der Waals surface area contributed by atoms with E-state index in [9.17, 15) is 10.2 Å². The molecule has 0 radical (unpaired) electrons. The maximum absolute atomic E-state index is 9.69. The lowest BCUT2D eigenvalue weighted by Crippen LogP contribution is -2.37. The highest BCUT2D eigenvalue weighted by atomic mass is 16.5. The summed E-state index contributed by atoms with van der Waals surface area (Å²) in [7, 11) is 0. The number of phenolic OH excluding ortho intramolecular Hbond substituents is 2. The molecule has 24 heavy (non-hydrogen) atoms. The molecule has 0 aliphatic carbocycles. The summed E-state index contributed by atoms with van der Waals surface area (Å²) < 4.78 is 5.29. The first-order valence-corrected chi connectivity index (χ1v) is 7.27. The van der Waals surface area contributed by atoms with E-state index in [0.29, 0.717) is 37.8 Å². The van der Waals surface area contributed by atoms with Crippen molar-refractivity contribution in [3.05, 3.63) is 23.8 Å². The number of hydrogen-bond donors (Lipinski definition) is 4. The van der Waals surface area contributed by atoms with E-state index in [4.69, 9.17) is 10.5 Å². The summed E-state index contributed by atoms with van der Waals surface area (Å²) in [6, 6.07) is 4.19. The Morgan fingerprint density at radius 2 is 2.00 bits per heavy atom. The molecule has 3 rings (SSSR count). The van der Waals surface area contributed by atoms with Gasteiger partial charge in [-0.3, -0.25) is 0 Å². The maximum atomic E-state index is 9.69. The van der Waals surface area contributed by atoms with Gasteiger partial charge in [0.05, 0.1) is 19.4 Å². The SMILES string of the molecule is Nc1nc(N/N=C/c2ccc(O)cc2O)nc(N2CCOCC2)n1. The molecule has 0 unspecified atom stereocenters. The van der Waals surface area contributed by atoms with Gasteiger partial charge in [-0.25, -0.2) is 5.43 Å². The number of phenols is 2. The fraction of sp³-hybridized carbons (Fsp3) is 0.286. The van der Waals surface area contributed by atoms with Gasteiger partial charge in [0.1, 0.15) is 11.5 Å². The molecule has 1 aromatic carbocycles. The predicted molar refractivity (Wildman–Crippen MR) is 88.3 cm³/mol. The zero-order valence-electron chi connectivity index (χ0n) is 12.8. The van der Waals surface area contributed by atoms with Crippen molar-refractivity contribution in [3.63, 3.8) is 0 Å². The van der Waals surface area contributed by atoms with Crippen LogP contribution in [0.1, 0.15) is 5.56 Å². The molecule has 10 nitrogen and oxygen atoms in total. The summed E-state index contributed by atoms with van der Waals surface area (Å²) in [5.41, 5.74) is 8.79. The molecule has 1 aromatic heterocycles. The molecule has 0 spiro atoms. The van der Waals surface area contributed by atoms with E-state index in [1.165, 1.54) is 24.4 Å². The third kappa shape index (κ3) is 3.79. The Balaban J connectivity index is 1.72. The summed E-state index contributed by atoms with van der Waals surface area (Å²) in [6.45, 7) is 2.56. The van der Waals surface area contributed by atoms with Crippen LogP contribution in [0.25, 0.3) is 0 Å². The lowest BCUT2D eigenvalue weighted by atomic mass is 10.2. The third-order valence-corrected chi connectivity index (χ3v) is 3.32. The molecule has 5 N–H and O–H groups in total. The van der Waals surface area contributed by atoms with Gasteiger partial charge in [0.25, 0.3) is 0 Å². The van der Waals surface area contributed by atoms with Gasteiger partial charge < -0.3 is 25.6 Å². The van der Waals surface area contributed by atoms with E-state index < -0.39 is 0 Å². The molecule has 1 fully saturated rings. The number of aromatic nitrogens is 3. The van der Waals surface area contributed by atoms with E-state index in [1.54, 1.807) is 0 Å². The van der Waals surface area contributed by atoms with Crippen LogP contribution >= 0.6 is 0 Å². The summed E-state index contributed by atoms with van der Waals surface area (Å²) in [4.78, 5) is 14.3. The number of benzene rings is 1. The average molecular weight is 331 g/mol. The van der Waals surface area contributed by atoms with Crippen LogP contribution in [0, 0.1) is 0 Å². The molecule has 0 saturated carbocycles. The van der Waals surface area contributed by atoms with Gasteiger partial charge in [-0.2, -0.15) is 20.1 Å². The van der Waals surface area contributed by atoms with Crippen molar-refractivity contribution in [1.29, 1.82) is 0 Å². The highest BCUT2D eigenvalue weighted by Gasteiger charge is 2.15. The average Bonchev–Trinajstić information content (AvgIpc) is 2.57. The number of ether oxygens (including phenoxy) is 1. The van der Waals surface area contributed by atoms with E-state index in [-0.39, 0.29) is 23.4 Å². The zero-order valence-corrected chi connectivity index (χ0v) is 12.8. The van der Waals surface area contributed by atoms with Crippen molar-refractivity contribution in [2.75, 3.05) is 42.4 Å². The molecule has 1 aliphatic heterocycles. The number of nitrogens with zero attached hydrogens (tertiary/aromatic N) is 5. The van der Waals surface area contributed by atoms with Crippen molar-refractivity contribution >= 4 is 24.1 Å². The summed E-state index contributed by atoms with van der Waals surface area (Å²) in [6.07, 6.45) is 1.38. The lowest BCUT2D eigenvalue weighted by molar-refractivity contribution is 0.122. The van der Waals surface area contributed by atoms with Crippen LogP contribution in [0.2, 0.25) is 0 Å². The standard InChI is InChI=1S/C14H17N7O3/c15-12-17-13(19-14(18-12)21-3-5-24-6-4-21)20-16-8-9-1-2-10(22)7-11(9)23/h1-2,7-8,22-23H,3-6H2,(H3,15,17,18,19,20)/b16-8+. The second-order valence-electron chi connectivity index (χ2n) is 5.03. The van der Waals surface area contributed by atoms with Crippen LogP contribution in [0.4, 0.5) is 17.8 Å². The molecule has 0 amide bonds. The molecular formula is C14H17N7O3. The number of rotatable bonds is 4. The van der Waals surface area contributed by atoms with Gasteiger partial charge in [-0.1, -0.05) is 0 Å². The molecule has 10 heteroatoms. The molecule has 0 atom stereocenters. The number of nitrogens with one attached hydrogen (secondary N) is 1. The van der Waals surface area contributed by atoms with E-state index in [0.717, 1.165) is 0 Å². The zero-order chi connectivity index (χ0) is 16.9. The second-order valence-corrected chi connectivity index (χ2v) is 5.03. The molecule has 1 saturated heterocycles. The number of hydrazone groups is 1. The highest BCUT2D eigenvalue weighted by Crippen LogP contribution is 2.21. The summed E-state index contributed by atoms with van der Waals surface area (Å²) in [5, 5.41) is 22.9. The van der Waals surface area contributed by atoms with Gasteiger partial charge in [0.15, 0.2) is 0 Å². The molecule has 0 bridgehead atoms. The van der Waals surface area contributed by atoms with Crippen LogP contribution in [-0.2, 0) is 4.74 Å². The van der Waals surface area contributed by atoms with Crippen LogP contribution in [-0.4, -0.2) is 57.7 Å². The van der Waals surface area contributed by atoms with Crippen molar-refractivity contribution < 1.29 is 14.9 Å². The minimum absolute atomic E-state index is 0.0296. The van der Waals surface area contributed by atoms with Gasteiger partial charge in [0.2, 0.25) is 17.8 Å². The monoisotopic (exact) mass is 331 g/mol. The first-order valence-electron chi connectivity index (χ1n) is 7.27. The first kappa shape index (κ1) is 15.7. The third-order valence-electron chi connectivity index (χ3n) is 3.32. The summed E-state index contributed by atoms with van der Waals surface area (Å²) in [5.74, 6) is 0.605. The Hall–Kier alpha value is -3.14. The fourth-order valence-corrected chi connectivity index (χ4v) is 2.14. The first-order chi connectivity index (χ1) is 11.6. The van der Waals surface area contributed by atoms with Crippen LogP contribution in [0.3, 0.4) is 0 Å². The predicted octanol–water partition coefficient (Wildman–Crippen LogP) is 0.148. The minimum Gasteiger partial charge on any atom is -0.508 e. The smallest absolute Gasteiger partial charge is 0.250 e. The number of aromatic hydroxyl groups is 2. The van der Waals surface area contributed by atoms with E-state index >= 15 is 0 Å². The number of nitrogens with two attached hydrogens (primary N) is 1. The van der Waals surface area contributed by atoms with E-state index in [2.05, 4.69) is 25.5 Å². The van der Waals surface area contributed by atoms with Gasteiger partial charge in [-0.15, -0.1) is 0 Å². The van der Waals surface area contributed by atoms with Crippen LogP contribution < -0.4 is 16.1 Å². The van der Waals surface area contributed by atoms with Crippen LogP contribution in [0.15, 0.2) is 23.3 Å². The molecule has 126 valence electrons. The lowest BCUT2D eigenvalue weighted by Gasteiger charge is -2.26. The van der Waals surface area contributed by atoms with E-state index in [1.807, 2.05) is 4.90 Å². The van der Waals surface area contributed by atoms with Crippen molar-refractivity contribution in [1.82, 2.24) is 15.0 Å². The molecule has 2 heterocycles. The largest absolute Gasteiger partial charge is 0.508 e. The Morgan fingerprint density at radius 3 is 2.75 bits per heavy atom. The molecule has 1 aliphatic rings. The van der Waals surface area contributed by atoms with Crippen molar-refractivity contribution in [2.24, 2.45) is 5.10 Å². The topological polar surface area (TPSA) is 142 Å². The Labute approximate surface area is 137 Å². The van der Waals surface area contributed by atoms with Gasteiger partial charge in [-0.05, 0) is 12.1 Å². The van der Waals surface area contributed by atoms with Gasteiger partial charge in [0, 0.05) is 24.7 Å². The van der Waals surface area contributed by atoms with Crippen molar-refractivity contribution in [3.8, 4) is 11.5 Å². The minimum atomic E-state index is -0.0929. The normalized spacial score (nSPS) is 14.9. The quantitative estimate of drug-likeness (QED) is 0.454. The number of morpholine rings is 1. The second kappa shape index (κ2) is 6.96. The Kier molecular flexibility index (Phi) is 4.57. The van der Waals surface area contributed by atoms with Gasteiger partial charge >= 0.3 is 0 Å². The number of hydrogen-bond acceptors (Lipinski definition) is 10. The summed E-state index contributed by atoms with van der Waals surface area (Å²) >= 11 is 0. The Bertz CT molecular complexity index is 747. The molecule has 2 aromatic rings. The fourth-order valence-electron chi connectivity index (χ4n) is 2.14. The Morgan fingerprint density at radius 1 is 1.21 bits per heavy atom. The highest BCUT2D eigenvalue weighted by molar-refractivity contribution is 5.84. The van der Waals surface area contributed by atoms with Crippen molar-refractivity contribution in [2.45, 2.75) is 0 Å². The maximum Gasteiger partial charge on any atom is 0.250 e. The molecular weight excluding hydrogens is 314 g/mol. The van der Waals surface area contributed by atoms with Crippen LogP contribution in [0.5, 0.6) is 11.5 Å². The number of nitrogen functional groups attached to an aromatic ring is 1.